The number of thioether (sulfide) groups is 1. The van der Waals surface area contributed by atoms with Crippen LogP contribution in [-0.2, 0) is 24.2 Å². The monoisotopic (exact) mass is 516 g/mol. The Hall–Kier alpha value is -1.81. The number of ketones is 1. The molecule has 0 saturated heterocycles. The van der Waals surface area contributed by atoms with Gasteiger partial charge in [-0.25, -0.2) is 4.98 Å². The number of Topliss-reactive ketones (excluding diaryl/α,β-unsaturated/α-hetero) is 1. The highest BCUT2D eigenvalue weighted by Gasteiger charge is 2.31. The Bertz CT molecular complexity index is 1310. The second-order valence-electron chi connectivity index (χ2n) is 8.15. The summed E-state index contributed by atoms with van der Waals surface area (Å²) in [6.45, 7) is 6.91. The Morgan fingerprint density at radius 2 is 2.06 bits per heavy atom. The predicted octanol–water partition coefficient (Wildman–Crippen LogP) is 5.49. The van der Waals surface area contributed by atoms with Crippen LogP contribution in [0, 0.1) is 0 Å². The molecule has 160 valence electrons. The molecule has 0 radical (unpaired) electrons. The van der Waals surface area contributed by atoms with Gasteiger partial charge in [-0.2, -0.15) is 0 Å². The number of thiophene rings is 1. The summed E-state index contributed by atoms with van der Waals surface area (Å²) >= 11 is 6.50. The van der Waals surface area contributed by atoms with Gasteiger partial charge in [-0.3, -0.25) is 9.20 Å². The third kappa shape index (κ3) is 3.82. The summed E-state index contributed by atoms with van der Waals surface area (Å²) in [4.78, 5) is 19.8. The third-order valence-electron chi connectivity index (χ3n) is 5.43. The molecule has 1 aliphatic heterocycles. The Balaban J connectivity index is 1.54. The predicted molar refractivity (Wildman–Crippen MR) is 127 cm³/mol. The summed E-state index contributed by atoms with van der Waals surface area (Å²) in [6, 6.07) is 7.42. The van der Waals surface area contributed by atoms with Crippen molar-refractivity contribution in [1.82, 2.24) is 19.6 Å². The van der Waals surface area contributed by atoms with Crippen molar-refractivity contribution >= 4 is 60.7 Å². The molecule has 1 aromatic carbocycles. The van der Waals surface area contributed by atoms with E-state index in [1.807, 2.05) is 28.7 Å². The lowest BCUT2D eigenvalue weighted by Gasteiger charge is -2.30. The highest BCUT2D eigenvalue weighted by Crippen LogP contribution is 2.40. The van der Waals surface area contributed by atoms with E-state index in [9.17, 15) is 4.79 Å². The number of aromatic nitrogens is 4. The summed E-state index contributed by atoms with van der Waals surface area (Å²) in [6.07, 6.45) is 1.58. The van der Waals surface area contributed by atoms with Crippen molar-refractivity contribution in [2.45, 2.75) is 51.0 Å². The molecular weight excluding hydrogens is 496 g/mol. The summed E-state index contributed by atoms with van der Waals surface area (Å²) in [5.74, 6) is 1.27. The largest absolute Gasteiger partial charge is 0.370 e. The number of aryl methyl sites for hydroxylation is 1. The number of nitrogens with zero attached hydrogens (tertiary/aromatic N) is 4. The van der Waals surface area contributed by atoms with Crippen LogP contribution >= 0.6 is 39.0 Å². The number of fused-ring (bicyclic) bond motifs is 5. The van der Waals surface area contributed by atoms with Crippen LogP contribution < -0.4 is 0 Å². The minimum absolute atomic E-state index is 0.0631. The van der Waals surface area contributed by atoms with Crippen molar-refractivity contribution in [1.29, 1.82) is 0 Å². The van der Waals surface area contributed by atoms with Gasteiger partial charge in [0.1, 0.15) is 10.7 Å². The molecule has 0 saturated carbocycles. The lowest BCUT2D eigenvalue weighted by molar-refractivity contribution is -0.0379. The molecule has 4 aromatic rings. The molecule has 0 atom stereocenters. The molecule has 0 aliphatic carbocycles. The number of halogens is 1. The zero-order valence-electron chi connectivity index (χ0n) is 17.4. The molecule has 0 unspecified atom stereocenters. The number of rotatable bonds is 5. The van der Waals surface area contributed by atoms with Crippen LogP contribution in [0.15, 0.2) is 33.9 Å². The normalized spacial score (nSPS) is 15.5. The van der Waals surface area contributed by atoms with Crippen LogP contribution in [0.1, 0.15) is 47.4 Å². The lowest BCUT2D eigenvalue weighted by atomic mass is 9.94. The van der Waals surface area contributed by atoms with Crippen LogP contribution in [0.2, 0.25) is 0 Å². The first-order chi connectivity index (χ1) is 14.9. The van der Waals surface area contributed by atoms with Crippen molar-refractivity contribution in [3.8, 4) is 0 Å². The van der Waals surface area contributed by atoms with Crippen molar-refractivity contribution in [3.05, 3.63) is 50.6 Å². The third-order valence-corrected chi connectivity index (χ3v) is 7.99. The second-order valence-corrected chi connectivity index (χ2v) is 11.1. The Morgan fingerprint density at radius 1 is 1.29 bits per heavy atom. The molecule has 0 amide bonds. The Morgan fingerprint density at radius 3 is 2.81 bits per heavy atom. The standard InChI is InChI=1S/C22H21BrN4O2S2/c1-4-17-24-20-18(14-9-22(2,3)29-10-16(14)31-20)19-25-26-21(27(17)19)30-11-15(28)12-5-7-13(23)8-6-12/h5-8H,4,9-11H2,1-3H3. The van der Waals surface area contributed by atoms with E-state index in [1.54, 1.807) is 11.3 Å². The number of hydrogen-bond donors (Lipinski definition) is 0. The van der Waals surface area contributed by atoms with E-state index in [4.69, 9.17) is 9.72 Å². The van der Waals surface area contributed by atoms with Crippen molar-refractivity contribution in [2.75, 3.05) is 5.75 Å². The van der Waals surface area contributed by atoms with Gasteiger partial charge in [-0.1, -0.05) is 46.7 Å². The van der Waals surface area contributed by atoms with E-state index in [2.05, 4.69) is 46.9 Å². The van der Waals surface area contributed by atoms with E-state index in [-0.39, 0.29) is 11.4 Å². The molecule has 5 rings (SSSR count). The van der Waals surface area contributed by atoms with Gasteiger partial charge >= 0.3 is 0 Å². The summed E-state index contributed by atoms with van der Waals surface area (Å²) in [5, 5.41) is 10.8. The number of carbonyl (C=O) groups is 1. The molecule has 6 nitrogen and oxygen atoms in total. The zero-order chi connectivity index (χ0) is 21.8. The van der Waals surface area contributed by atoms with Gasteiger partial charge in [-0.15, -0.1) is 21.5 Å². The zero-order valence-corrected chi connectivity index (χ0v) is 20.7. The smallest absolute Gasteiger partial charge is 0.197 e. The van der Waals surface area contributed by atoms with E-state index in [0.29, 0.717) is 23.1 Å². The molecule has 4 heterocycles. The fourth-order valence-corrected chi connectivity index (χ4v) is 6.09. The van der Waals surface area contributed by atoms with Crippen molar-refractivity contribution in [2.24, 2.45) is 0 Å². The highest BCUT2D eigenvalue weighted by molar-refractivity contribution is 9.10. The Kier molecular flexibility index (Phi) is 5.40. The van der Waals surface area contributed by atoms with Crippen LogP contribution in [0.4, 0.5) is 0 Å². The molecule has 0 N–H and O–H groups in total. The number of carbonyl (C=O) groups excluding carboxylic acids is 1. The van der Waals surface area contributed by atoms with Gasteiger partial charge in [0.05, 0.1) is 23.3 Å². The fourth-order valence-electron chi connectivity index (χ4n) is 3.86. The van der Waals surface area contributed by atoms with Gasteiger partial charge in [0.2, 0.25) is 0 Å². The Labute approximate surface area is 196 Å². The van der Waals surface area contributed by atoms with Crippen LogP contribution in [0.5, 0.6) is 0 Å². The van der Waals surface area contributed by atoms with E-state index in [0.717, 1.165) is 39.0 Å². The average molecular weight is 517 g/mol. The van der Waals surface area contributed by atoms with Gasteiger partial charge in [0, 0.05) is 27.8 Å². The lowest BCUT2D eigenvalue weighted by Crippen LogP contribution is -2.31. The first-order valence-corrected chi connectivity index (χ1v) is 12.7. The van der Waals surface area contributed by atoms with E-state index >= 15 is 0 Å². The van der Waals surface area contributed by atoms with Crippen LogP contribution in [0.3, 0.4) is 0 Å². The molecule has 9 heteroatoms. The molecular formula is C22H21BrN4O2S2. The van der Waals surface area contributed by atoms with E-state index < -0.39 is 0 Å². The maximum Gasteiger partial charge on any atom is 0.197 e. The topological polar surface area (TPSA) is 69.4 Å². The average Bonchev–Trinajstić information content (AvgIpc) is 3.32. The highest BCUT2D eigenvalue weighted by atomic mass is 79.9. The van der Waals surface area contributed by atoms with Crippen molar-refractivity contribution < 1.29 is 9.53 Å². The molecule has 0 bridgehead atoms. The number of benzene rings is 1. The quantitative estimate of drug-likeness (QED) is 0.258. The van der Waals surface area contributed by atoms with Crippen LogP contribution in [0.25, 0.3) is 15.9 Å². The fraction of sp³-hybridized carbons (Fsp3) is 0.364. The first kappa shape index (κ1) is 21.1. The number of hydrogen-bond acceptors (Lipinski definition) is 7. The summed E-state index contributed by atoms with van der Waals surface area (Å²) < 4.78 is 8.98. The summed E-state index contributed by atoms with van der Waals surface area (Å²) in [5.41, 5.74) is 2.58. The SMILES string of the molecule is CCc1nc2sc3c(c2c2nnc(SCC(=O)c4ccc(Br)cc4)n12)CC(C)(C)OC3. The minimum atomic E-state index is -0.212. The molecule has 1 aliphatic rings. The second kappa shape index (κ2) is 7.95. The summed E-state index contributed by atoms with van der Waals surface area (Å²) in [7, 11) is 0. The molecule has 0 spiro atoms. The van der Waals surface area contributed by atoms with Crippen LogP contribution in [-0.4, -0.2) is 36.7 Å². The maximum absolute atomic E-state index is 12.7. The van der Waals surface area contributed by atoms with E-state index in [1.165, 1.54) is 22.2 Å². The molecule has 3 aromatic heterocycles. The minimum Gasteiger partial charge on any atom is -0.370 e. The first-order valence-electron chi connectivity index (χ1n) is 10.1. The van der Waals surface area contributed by atoms with Gasteiger partial charge in [-0.05, 0) is 31.5 Å². The maximum atomic E-state index is 12.7. The molecule has 0 fully saturated rings. The molecule has 31 heavy (non-hydrogen) atoms. The van der Waals surface area contributed by atoms with Crippen molar-refractivity contribution in [3.63, 3.8) is 0 Å². The van der Waals surface area contributed by atoms with Gasteiger partial charge in [0.15, 0.2) is 16.6 Å². The van der Waals surface area contributed by atoms with Gasteiger partial charge < -0.3 is 4.74 Å². The number of ether oxygens (including phenoxy) is 1. The van der Waals surface area contributed by atoms with Gasteiger partial charge in [0.25, 0.3) is 0 Å².